The Morgan fingerprint density at radius 2 is 2.00 bits per heavy atom. The van der Waals surface area contributed by atoms with Crippen molar-refractivity contribution in [2.75, 3.05) is 13.6 Å². The van der Waals surface area contributed by atoms with Crippen LogP contribution >= 0.6 is 11.3 Å². The number of aliphatic hydroxyl groups excluding tert-OH is 1. The summed E-state index contributed by atoms with van der Waals surface area (Å²) in [6.45, 7) is 1.30. The van der Waals surface area contributed by atoms with Crippen molar-refractivity contribution in [3.8, 4) is 0 Å². The van der Waals surface area contributed by atoms with E-state index in [1.165, 1.54) is 11.3 Å². The number of hydrogen-bond donors (Lipinski definition) is 1. The quantitative estimate of drug-likeness (QED) is 0.890. The molecule has 0 aliphatic rings. The topological polar surface area (TPSA) is 36.4 Å². The monoisotopic (exact) mass is 298 g/mol. The highest BCUT2D eigenvalue weighted by molar-refractivity contribution is 7.07. The number of benzene rings is 1. The molecule has 6 heteroatoms. The van der Waals surface area contributed by atoms with Crippen LogP contribution in [0.15, 0.2) is 29.1 Å². The molecule has 0 aliphatic heterocycles. The van der Waals surface area contributed by atoms with Crippen molar-refractivity contribution in [3.63, 3.8) is 0 Å². The van der Waals surface area contributed by atoms with E-state index in [2.05, 4.69) is 4.98 Å². The highest BCUT2D eigenvalue weighted by Gasteiger charge is 2.12. The van der Waals surface area contributed by atoms with Gasteiger partial charge >= 0.3 is 0 Å². The van der Waals surface area contributed by atoms with Crippen molar-refractivity contribution in [1.82, 2.24) is 9.88 Å². The van der Waals surface area contributed by atoms with E-state index in [1.807, 2.05) is 17.3 Å². The number of thiazole rings is 1. The zero-order chi connectivity index (χ0) is 14.5. The lowest BCUT2D eigenvalue weighted by molar-refractivity contribution is 0.146. The molecule has 2 aromatic rings. The van der Waals surface area contributed by atoms with Gasteiger partial charge in [-0.3, -0.25) is 0 Å². The molecule has 0 saturated carbocycles. The first-order chi connectivity index (χ1) is 9.54. The van der Waals surface area contributed by atoms with Gasteiger partial charge in [-0.2, -0.15) is 0 Å². The summed E-state index contributed by atoms with van der Waals surface area (Å²) in [7, 11) is 1.91. The van der Waals surface area contributed by atoms with E-state index in [0.717, 1.165) is 23.9 Å². The van der Waals surface area contributed by atoms with Crippen LogP contribution in [0, 0.1) is 11.6 Å². The van der Waals surface area contributed by atoms with E-state index in [-0.39, 0.29) is 5.56 Å². The van der Waals surface area contributed by atoms with Gasteiger partial charge in [-0.25, -0.2) is 13.8 Å². The average Bonchev–Trinajstić information content (AvgIpc) is 2.87. The maximum absolute atomic E-state index is 13.1. The van der Waals surface area contributed by atoms with E-state index in [4.69, 9.17) is 0 Å². The van der Waals surface area contributed by atoms with Crippen LogP contribution in [0.5, 0.6) is 0 Å². The maximum Gasteiger partial charge on any atom is 0.126 e. The number of nitrogens with zero attached hydrogens (tertiary/aromatic N) is 2. The Balaban J connectivity index is 1.86. The largest absolute Gasteiger partial charge is 0.388 e. The predicted octanol–water partition coefficient (Wildman–Crippen LogP) is 2.98. The van der Waals surface area contributed by atoms with Crippen LogP contribution in [-0.2, 0) is 6.54 Å². The molecule has 20 heavy (non-hydrogen) atoms. The summed E-state index contributed by atoms with van der Waals surface area (Å²) >= 11 is 1.54. The Kier molecular flexibility index (Phi) is 5.17. The van der Waals surface area contributed by atoms with Gasteiger partial charge < -0.3 is 10.0 Å². The van der Waals surface area contributed by atoms with E-state index in [1.54, 1.807) is 5.51 Å². The lowest BCUT2D eigenvalue weighted by atomic mass is 10.1. The summed E-state index contributed by atoms with van der Waals surface area (Å²) < 4.78 is 26.1. The summed E-state index contributed by atoms with van der Waals surface area (Å²) in [6.07, 6.45) is -0.470. The molecule has 3 nitrogen and oxygen atoms in total. The van der Waals surface area contributed by atoms with Crippen LogP contribution < -0.4 is 0 Å². The Labute approximate surface area is 120 Å². The SMILES string of the molecule is CN(CCC(O)c1cc(F)cc(F)c1)Cc1cscn1. The van der Waals surface area contributed by atoms with Gasteiger partial charge in [0.15, 0.2) is 0 Å². The van der Waals surface area contributed by atoms with E-state index < -0.39 is 17.7 Å². The molecule has 0 radical (unpaired) electrons. The van der Waals surface area contributed by atoms with E-state index >= 15 is 0 Å². The third kappa shape index (κ3) is 4.33. The van der Waals surface area contributed by atoms with Gasteiger partial charge in [-0.15, -0.1) is 11.3 Å². The number of hydrogen-bond acceptors (Lipinski definition) is 4. The summed E-state index contributed by atoms with van der Waals surface area (Å²) in [4.78, 5) is 6.19. The molecule has 1 atom stereocenters. The fraction of sp³-hybridized carbons (Fsp3) is 0.357. The molecule has 1 heterocycles. The van der Waals surface area contributed by atoms with Crippen LogP contribution in [0.1, 0.15) is 23.8 Å². The van der Waals surface area contributed by atoms with Gasteiger partial charge in [0.05, 0.1) is 17.3 Å². The molecule has 1 N–H and O–H groups in total. The molecule has 0 bridgehead atoms. The van der Waals surface area contributed by atoms with E-state index in [0.29, 0.717) is 19.5 Å². The van der Waals surface area contributed by atoms with Crippen LogP contribution in [-0.4, -0.2) is 28.6 Å². The minimum atomic E-state index is -0.877. The second-order valence-corrected chi connectivity index (χ2v) is 5.44. The van der Waals surface area contributed by atoms with Gasteiger partial charge in [0.25, 0.3) is 0 Å². The third-order valence-electron chi connectivity index (χ3n) is 2.97. The fourth-order valence-electron chi connectivity index (χ4n) is 1.95. The predicted molar refractivity (Wildman–Crippen MR) is 74.4 cm³/mol. The number of aromatic nitrogens is 1. The molecule has 0 saturated heterocycles. The first-order valence-corrected chi connectivity index (χ1v) is 7.18. The molecular weight excluding hydrogens is 282 g/mol. The molecular formula is C14H16F2N2OS. The number of halogens is 2. The molecule has 0 aliphatic carbocycles. The smallest absolute Gasteiger partial charge is 0.126 e. The van der Waals surface area contributed by atoms with Gasteiger partial charge in [0.2, 0.25) is 0 Å². The van der Waals surface area contributed by atoms with Crippen molar-refractivity contribution in [2.45, 2.75) is 19.1 Å². The minimum Gasteiger partial charge on any atom is -0.388 e. The minimum absolute atomic E-state index is 0.268. The Morgan fingerprint density at radius 1 is 1.30 bits per heavy atom. The lowest BCUT2D eigenvalue weighted by Gasteiger charge is -2.18. The molecule has 1 aromatic heterocycles. The van der Waals surface area contributed by atoms with Gasteiger partial charge in [-0.1, -0.05) is 0 Å². The van der Waals surface area contributed by atoms with Gasteiger partial charge in [-0.05, 0) is 31.2 Å². The zero-order valence-corrected chi connectivity index (χ0v) is 11.9. The Bertz CT molecular complexity index is 528. The van der Waals surface area contributed by atoms with Crippen molar-refractivity contribution < 1.29 is 13.9 Å². The fourth-order valence-corrected chi connectivity index (χ4v) is 2.50. The summed E-state index contributed by atoms with van der Waals surface area (Å²) in [5.74, 6) is -1.34. The maximum atomic E-state index is 13.1. The molecule has 1 unspecified atom stereocenters. The summed E-state index contributed by atoms with van der Waals surface area (Å²) in [5.41, 5.74) is 3.02. The molecule has 0 fully saturated rings. The Hall–Kier alpha value is -1.37. The van der Waals surface area contributed by atoms with Crippen LogP contribution in [0.2, 0.25) is 0 Å². The number of rotatable bonds is 6. The van der Waals surface area contributed by atoms with Crippen molar-refractivity contribution in [1.29, 1.82) is 0 Å². The summed E-state index contributed by atoms with van der Waals surface area (Å²) in [6, 6.07) is 3.12. The van der Waals surface area contributed by atoms with Crippen molar-refractivity contribution >= 4 is 11.3 Å². The van der Waals surface area contributed by atoms with Crippen LogP contribution in [0.4, 0.5) is 8.78 Å². The highest BCUT2D eigenvalue weighted by atomic mass is 32.1. The van der Waals surface area contributed by atoms with Crippen LogP contribution in [0.3, 0.4) is 0 Å². The first kappa shape index (κ1) is 15.0. The van der Waals surface area contributed by atoms with Crippen LogP contribution in [0.25, 0.3) is 0 Å². The van der Waals surface area contributed by atoms with Gasteiger partial charge in [0.1, 0.15) is 11.6 Å². The molecule has 0 spiro atoms. The molecule has 0 amide bonds. The summed E-state index contributed by atoms with van der Waals surface area (Å²) in [5, 5.41) is 11.9. The first-order valence-electron chi connectivity index (χ1n) is 6.24. The average molecular weight is 298 g/mol. The second-order valence-electron chi connectivity index (χ2n) is 4.72. The Morgan fingerprint density at radius 3 is 2.60 bits per heavy atom. The standard InChI is InChI=1S/C14H16F2N2OS/c1-18(7-13-8-20-9-17-13)3-2-14(19)10-4-11(15)6-12(16)5-10/h4-6,8-9,14,19H,2-3,7H2,1H3. The van der Waals surface area contributed by atoms with Crippen molar-refractivity contribution in [3.05, 3.63) is 52.0 Å². The third-order valence-corrected chi connectivity index (χ3v) is 3.60. The van der Waals surface area contributed by atoms with Crippen molar-refractivity contribution in [2.24, 2.45) is 0 Å². The van der Waals surface area contributed by atoms with E-state index in [9.17, 15) is 13.9 Å². The molecule has 2 rings (SSSR count). The second kappa shape index (κ2) is 6.88. The zero-order valence-electron chi connectivity index (χ0n) is 11.1. The molecule has 108 valence electrons. The lowest BCUT2D eigenvalue weighted by Crippen LogP contribution is -2.21. The van der Waals surface area contributed by atoms with Gasteiger partial charge in [0, 0.05) is 24.5 Å². The number of aliphatic hydroxyl groups is 1. The molecule has 1 aromatic carbocycles. The normalized spacial score (nSPS) is 12.8. The highest BCUT2D eigenvalue weighted by Crippen LogP contribution is 2.19.